The van der Waals surface area contributed by atoms with Crippen LogP contribution in [0.2, 0.25) is 0 Å². The zero-order chi connectivity index (χ0) is 17.3. The highest BCUT2D eigenvalue weighted by Crippen LogP contribution is 2.06. The Morgan fingerprint density at radius 2 is 1.68 bits per heavy atom. The summed E-state index contributed by atoms with van der Waals surface area (Å²) >= 11 is 0. The lowest BCUT2D eigenvalue weighted by atomic mass is 10.2. The van der Waals surface area contributed by atoms with E-state index in [0.717, 1.165) is 11.1 Å². The number of rotatable bonds is 6. The molecule has 1 heterocycles. The van der Waals surface area contributed by atoms with E-state index >= 15 is 0 Å². The quantitative estimate of drug-likeness (QED) is 0.537. The fraction of sp³-hybridized carbons (Fsp3) is 0.0500. The number of nitrogens with zero attached hydrogens (tertiary/aromatic N) is 2. The normalized spacial score (nSPS) is 10.6. The number of carbonyl (C=O) groups excluding carboxylic acids is 1. The van der Waals surface area contributed by atoms with Crippen LogP contribution in [0.4, 0.5) is 5.82 Å². The number of pyridine rings is 1. The van der Waals surface area contributed by atoms with Crippen molar-refractivity contribution in [1.82, 2.24) is 10.3 Å². The van der Waals surface area contributed by atoms with Gasteiger partial charge in [-0.15, -0.1) is 0 Å². The van der Waals surface area contributed by atoms with Crippen molar-refractivity contribution in [2.24, 2.45) is 5.10 Å². The van der Waals surface area contributed by atoms with E-state index in [4.69, 9.17) is 0 Å². The van der Waals surface area contributed by atoms with E-state index in [0.29, 0.717) is 17.9 Å². The van der Waals surface area contributed by atoms with Gasteiger partial charge in [0.25, 0.3) is 5.91 Å². The van der Waals surface area contributed by atoms with Crippen LogP contribution in [0.3, 0.4) is 0 Å². The first-order valence-electron chi connectivity index (χ1n) is 7.93. The van der Waals surface area contributed by atoms with Crippen molar-refractivity contribution in [2.45, 2.75) is 6.54 Å². The molecule has 0 aliphatic heterocycles. The molecular weight excluding hydrogens is 312 g/mol. The molecule has 3 aromatic rings. The smallest absolute Gasteiger partial charge is 0.253 e. The van der Waals surface area contributed by atoms with E-state index < -0.39 is 0 Å². The van der Waals surface area contributed by atoms with Gasteiger partial charge in [-0.05, 0) is 23.3 Å². The van der Waals surface area contributed by atoms with Crippen LogP contribution in [0.5, 0.6) is 0 Å². The molecule has 124 valence electrons. The van der Waals surface area contributed by atoms with Crippen molar-refractivity contribution in [3.8, 4) is 0 Å². The molecule has 2 N–H and O–H groups in total. The van der Waals surface area contributed by atoms with Crippen LogP contribution in [-0.4, -0.2) is 17.1 Å². The summed E-state index contributed by atoms with van der Waals surface area (Å²) in [5, 5.41) is 6.99. The molecule has 5 nitrogen and oxygen atoms in total. The van der Waals surface area contributed by atoms with Gasteiger partial charge in [-0.2, -0.15) is 5.10 Å². The summed E-state index contributed by atoms with van der Waals surface area (Å²) in [6, 6.07) is 23.0. The summed E-state index contributed by atoms with van der Waals surface area (Å²) in [5.41, 5.74) is 5.40. The van der Waals surface area contributed by atoms with Crippen LogP contribution in [0.15, 0.2) is 84.1 Å². The SMILES string of the molecule is O=C(NCc1ccccc1)c1ccc(N/N=C/c2ccccc2)nc1. The number of amides is 1. The van der Waals surface area contributed by atoms with E-state index in [1.807, 2.05) is 60.7 Å². The Morgan fingerprint density at radius 3 is 2.36 bits per heavy atom. The molecule has 25 heavy (non-hydrogen) atoms. The lowest BCUT2D eigenvalue weighted by Crippen LogP contribution is -2.22. The molecule has 0 aliphatic rings. The van der Waals surface area contributed by atoms with Crippen molar-refractivity contribution < 1.29 is 4.79 Å². The molecule has 0 saturated carbocycles. The number of carbonyl (C=O) groups is 1. The maximum atomic E-state index is 12.1. The van der Waals surface area contributed by atoms with Gasteiger partial charge in [0, 0.05) is 12.7 Å². The molecular formula is C20H18N4O. The molecule has 0 aliphatic carbocycles. The topological polar surface area (TPSA) is 66.4 Å². The Balaban J connectivity index is 1.53. The van der Waals surface area contributed by atoms with Gasteiger partial charge in [0.2, 0.25) is 0 Å². The molecule has 3 rings (SSSR count). The summed E-state index contributed by atoms with van der Waals surface area (Å²) in [4.78, 5) is 16.3. The second-order valence-corrected chi connectivity index (χ2v) is 5.38. The van der Waals surface area contributed by atoms with Crippen LogP contribution >= 0.6 is 0 Å². The summed E-state index contributed by atoms with van der Waals surface area (Å²) in [6.45, 7) is 0.487. The number of anilines is 1. The molecule has 0 atom stereocenters. The monoisotopic (exact) mass is 330 g/mol. The fourth-order valence-electron chi connectivity index (χ4n) is 2.19. The highest BCUT2D eigenvalue weighted by atomic mass is 16.1. The molecule has 0 radical (unpaired) electrons. The average Bonchev–Trinajstić information content (AvgIpc) is 2.68. The van der Waals surface area contributed by atoms with Crippen molar-refractivity contribution in [1.29, 1.82) is 0 Å². The third-order valence-corrected chi connectivity index (χ3v) is 3.51. The van der Waals surface area contributed by atoms with Crippen molar-refractivity contribution in [2.75, 3.05) is 5.43 Å². The van der Waals surface area contributed by atoms with Crippen LogP contribution in [0, 0.1) is 0 Å². The van der Waals surface area contributed by atoms with Crippen LogP contribution in [0.1, 0.15) is 21.5 Å². The van der Waals surface area contributed by atoms with Gasteiger partial charge >= 0.3 is 0 Å². The number of hydrogen-bond acceptors (Lipinski definition) is 4. The molecule has 0 unspecified atom stereocenters. The maximum Gasteiger partial charge on any atom is 0.253 e. The summed E-state index contributed by atoms with van der Waals surface area (Å²) in [7, 11) is 0. The summed E-state index contributed by atoms with van der Waals surface area (Å²) < 4.78 is 0. The van der Waals surface area contributed by atoms with Crippen molar-refractivity contribution in [3.05, 3.63) is 95.7 Å². The van der Waals surface area contributed by atoms with Crippen molar-refractivity contribution >= 4 is 17.9 Å². The van der Waals surface area contributed by atoms with Crippen LogP contribution < -0.4 is 10.7 Å². The average molecular weight is 330 g/mol. The van der Waals surface area contributed by atoms with Gasteiger partial charge in [0.1, 0.15) is 5.82 Å². The van der Waals surface area contributed by atoms with E-state index in [1.165, 1.54) is 6.20 Å². The minimum absolute atomic E-state index is 0.157. The minimum atomic E-state index is -0.157. The molecule has 0 fully saturated rings. The molecule has 2 aromatic carbocycles. The van der Waals surface area contributed by atoms with Crippen molar-refractivity contribution in [3.63, 3.8) is 0 Å². The van der Waals surface area contributed by atoms with Crippen LogP contribution in [-0.2, 0) is 6.54 Å². The van der Waals surface area contributed by atoms with Crippen LogP contribution in [0.25, 0.3) is 0 Å². The van der Waals surface area contributed by atoms with Gasteiger partial charge in [-0.1, -0.05) is 60.7 Å². The largest absolute Gasteiger partial charge is 0.348 e. The zero-order valence-electron chi connectivity index (χ0n) is 13.6. The van der Waals surface area contributed by atoms with Gasteiger partial charge in [0.15, 0.2) is 0 Å². The Hall–Kier alpha value is -3.47. The second kappa shape index (κ2) is 8.40. The van der Waals surface area contributed by atoms with Gasteiger partial charge in [-0.3, -0.25) is 10.2 Å². The zero-order valence-corrected chi connectivity index (χ0v) is 13.6. The van der Waals surface area contributed by atoms with E-state index in [2.05, 4.69) is 20.8 Å². The maximum absolute atomic E-state index is 12.1. The van der Waals surface area contributed by atoms with Gasteiger partial charge in [-0.25, -0.2) is 4.98 Å². The van der Waals surface area contributed by atoms with E-state index in [9.17, 15) is 4.79 Å². The summed E-state index contributed by atoms with van der Waals surface area (Å²) in [6.07, 6.45) is 3.24. The Kier molecular flexibility index (Phi) is 5.51. The van der Waals surface area contributed by atoms with Gasteiger partial charge < -0.3 is 5.32 Å². The predicted octanol–water partition coefficient (Wildman–Crippen LogP) is 3.46. The molecule has 1 amide bonds. The number of hydrazone groups is 1. The number of nitrogens with one attached hydrogen (secondary N) is 2. The van der Waals surface area contributed by atoms with E-state index in [1.54, 1.807) is 18.3 Å². The second-order valence-electron chi connectivity index (χ2n) is 5.38. The number of hydrogen-bond donors (Lipinski definition) is 2. The fourth-order valence-corrected chi connectivity index (χ4v) is 2.19. The molecule has 0 bridgehead atoms. The highest BCUT2D eigenvalue weighted by molar-refractivity contribution is 5.94. The van der Waals surface area contributed by atoms with Gasteiger partial charge in [0.05, 0.1) is 11.8 Å². The highest BCUT2D eigenvalue weighted by Gasteiger charge is 2.05. The minimum Gasteiger partial charge on any atom is -0.348 e. The molecule has 5 heteroatoms. The lowest BCUT2D eigenvalue weighted by Gasteiger charge is -2.06. The Morgan fingerprint density at radius 1 is 0.960 bits per heavy atom. The van der Waals surface area contributed by atoms with E-state index in [-0.39, 0.29) is 5.91 Å². The number of aromatic nitrogens is 1. The molecule has 1 aromatic heterocycles. The lowest BCUT2D eigenvalue weighted by molar-refractivity contribution is 0.0950. The first-order chi connectivity index (χ1) is 12.3. The Bertz CT molecular complexity index is 831. The first kappa shape index (κ1) is 16.4. The molecule has 0 saturated heterocycles. The third-order valence-electron chi connectivity index (χ3n) is 3.51. The first-order valence-corrected chi connectivity index (χ1v) is 7.93. The number of benzene rings is 2. The third kappa shape index (κ3) is 5.00. The Labute approximate surface area is 146 Å². The molecule has 0 spiro atoms. The predicted molar refractivity (Wildman–Crippen MR) is 99.5 cm³/mol. The summed E-state index contributed by atoms with van der Waals surface area (Å²) in [5.74, 6) is 0.419. The standard InChI is InChI=1S/C20H18N4O/c25-20(22-13-16-7-3-1-4-8-16)18-11-12-19(21-15-18)24-23-14-17-9-5-2-6-10-17/h1-12,14-15H,13H2,(H,21,24)(H,22,25)/b23-14+.